The van der Waals surface area contributed by atoms with Gasteiger partial charge in [0.25, 0.3) is 5.91 Å². The van der Waals surface area contributed by atoms with E-state index in [-0.39, 0.29) is 12.5 Å². The number of nitrogens with zero attached hydrogens (tertiary/aromatic N) is 1. The van der Waals surface area contributed by atoms with Gasteiger partial charge >= 0.3 is 0 Å². The third kappa shape index (κ3) is 4.45. The number of thiophene rings is 1. The Bertz CT molecular complexity index is 636. The van der Waals surface area contributed by atoms with Gasteiger partial charge < -0.3 is 10.0 Å². The van der Waals surface area contributed by atoms with Gasteiger partial charge in [0.15, 0.2) is 0 Å². The van der Waals surface area contributed by atoms with Crippen molar-refractivity contribution in [3.05, 3.63) is 57.8 Å². The van der Waals surface area contributed by atoms with Crippen molar-refractivity contribution >= 4 is 17.2 Å². The van der Waals surface area contributed by atoms with E-state index in [9.17, 15) is 4.79 Å². The lowest BCUT2D eigenvalue weighted by Gasteiger charge is -2.16. The molecule has 0 spiro atoms. The van der Waals surface area contributed by atoms with Gasteiger partial charge in [-0.25, -0.2) is 0 Å². The zero-order chi connectivity index (χ0) is 15.1. The van der Waals surface area contributed by atoms with Crippen LogP contribution in [0.4, 0.5) is 0 Å². The van der Waals surface area contributed by atoms with Gasteiger partial charge in [0.05, 0.1) is 12.2 Å². The molecule has 1 heterocycles. The van der Waals surface area contributed by atoms with E-state index in [1.165, 1.54) is 11.3 Å². The van der Waals surface area contributed by atoms with Gasteiger partial charge in [-0.1, -0.05) is 24.0 Å². The predicted molar refractivity (Wildman–Crippen MR) is 85.1 cm³/mol. The maximum atomic E-state index is 12.1. The number of carbonyl (C=O) groups excluding carboxylic acids is 1. The summed E-state index contributed by atoms with van der Waals surface area (Å²) in [7, 11) is 1.80. The van der Waals surface area contributed by atoms with E-state index < -0.39 is 0 Å². The highest BCUT2D eigenvalue weighted by molar-refractivity contribution is 7.08. The number of benzene rings is 1. The molecule has 1 aromatic carbocycles. The number of aliphatic hydroxyl groups is 1. The summed E-state index contributed by atoms with van der Waals surface area (Å²) in [6.07, 6.45) is 0.486. The fourth-order valence-corrected chi connectivity index (χ4v) is 2.50. The Morgan fingerprint density at radius 3 is 2.67 bits per heavy atom. The number of hydrogen-bond acceptors (Lipinski definition) is 3. The van der Waals surface area contributed by atoms with Crippen molar-refractivity contribution in [2.24, 2.45) is 0 Å². The number of rotatable bonds is 4. The normalized spacial score (nSPS) is 9.81. The van der Waals surface area contributed by atoms with E-state index in [0.717, 1.165) is 16.7 Å². The highest BCUT2D eigenvalue weighted by Crippen LogP contribution is 2.12. The molecule has 0 unspecified atom stereocenters. The summed E-state index contributed by atoms with van der Waals surface area (Å²) in [5, 5.41) is 12.4. The van der Waals surface area contributed by atoms with Crippen LogP contribution in [0.5, 0.6) is 0 Å². The molecule has 0 aliphatic carbocycles. The highest BCUT2D eigenvalue weighted by Gasteiger charge is 2.11. The number of amides is 1. The Balaban J connectivity index is 1.97. The van der Waals surface area contributed by atoms with Crippen molar-refractivity contribution in [3.63, 3.8) is 0 Å². The summed E-state index contributed by atoms with van der Waals surface area (Å²) in [5.41, 5.74) is 2.71. The Labute approximate surface area is 128 Å². The van der Waals surface area contributed by atoms with Crippen LogP contribution in [0.15, 0.2) is 41.1 Å². The van der Waals surface area contributed by atoms with Crippen molar-refractivity contribution in [1.29, 1.82) is 0 Å². The molecule has 0 fully saturated rings. The minimum atomic E-state index is 0.0306. The quantitative estimate of drug-likeness (QED) is 0.882. The zero-order valence-corrected chi connectivity index (χ0v) is 12.7. The number of carbonyl (C=O) groups is 1. The molecule has 21 heavy (non-hydrogen) atoms. The summed E-state index contributed by atoms with van der Waals surface area (Å²) < 4.78 is 0. The predicted octanol–water partition coefficient (Wildman–Crippen LogP) is 2.75. The van der Waals surface area contributed by atoms with Crippen LogP contribution in [0.25, 0.3) is 0 Å². The van der Waals surface area contributed by atoms with Crippen LogP contribution >= 0.6 is 11.3 Å². The van der Waals surface area contributed by atoms with E-state index in [0.29, 0.717) is 13.0 Å². The second kappa shape index (κ2) is 7.63. The van der Waals surface area contributed by atoms with Crippen LogP contribution in [0.3, 0.4) is 0 Å². The Morgan fingerprint density at radius 1 is 1.29 bits per heavy atom. The molecule has 1 amide bonds. The summed E-state index contributed by atoms with van der Waals surface area (Å²) in [6, 6.07) is 9.65. The third-order valence-electron chi connectivity index (χ3n) is 2.96. The van der Waals surface area contributed by atoms with E-state index >= 15 is 0 Å². The van der Waals surface area contributed by atoms with Gasteiger partial charge in [-0.3, -0.25) is 4.79 Å². The van der Waals surface area contributed by atoms with Gasteiger partial charge in [-0.2, -0.15) is 11.3 Å². The molecule has 2 rings (SSSR count). The second-order valence-corrected chi connectivity index (χ2v) is 5.43. The second-order valence-electron chi connectivity index (χ2n) is 4.65. The maximum absolute atomic E-state index is 12.1. The van der Waals surface area contributed by atoms with Crippen LogP contribution < -0.4 is 0 Å². The van der Waals surface area contributed by atoms with Crippen molar-refractivity contribution in [1.82, 2.24) is 4.90 Å². The third-order valence-corrected chi connectivity index (χ3v) is 3.64. The molecular formula is C17H17NO2S. The summed E-state index contributed by atoms with van der Waals surface area (Å²) in [5.74, 6) is 5.90. The average Bonchev–Trinajstić information content (AvgIpc) is 3.02. The van der Waals surface area contributed by atoms with Crippen molar-refractivity contribution < 1.29 is 9.90 Å². The Kier molecular flexibility index (Phi) is 5.56. The maximum Gasteiger partial charge on any atom is 0.254 e. The first-order chi connectivity index (χ1) is 10.2. The van der Waals surface area contributed by atoms with Gasteiger partial charge in [0, 0.05) is 31.0 Å². The number of aliphatic hydroxyl groups excluding tert-OH is 1. The van der Waals surface area contributed by atoms with E-state index in [2.05, 4.69) is 11.8 Å². The van der Waals surface area contributed by atoms with Crippen LogP contribution in [0.2, 0.25) is 0 Å². The molecule has 0 bridgehead atoms. The SMILES string of the molecule is CN(Cc1ccc(C#CCCO)cc1)C(=O)c1ccsc1. The van der Waals surface area contributed by atoms with Crippen LogP contribution in [-0.2, 0) is 6.54 Å². The Morgan fingerprint density at radius 2 is 2.05 bits per heavy atom. The fourth-order valence-electron chi connectivity index (χ4n) is 1.87. The molecule has 1 N–H and O–H groups in total. The summed E-state index contributed by atoms with van der Waals surface area (Å²) in [6.45, 7) is 0.652. The zero-order valence-electron chi connectivity index (χ0n) is 11.9. The monoisotopic (exact) mass is 299 g/mol. The first-order valence-corrected chi connectivity index (χ1v) is 7.61. The molecule has 0 radical (unpaired) electrons. The standard InChI is InChI=1S/C17H17NO2S/c1-18(17(20)16-9-11-21-13-16)12-15-7-5-14(6-8-15)4-2-3-10-19/h5-9,11,13,19H,3,10,12H2,1H3. The molecule has 4 heteroatoms. The largest absolute Gasteiger partial charge is 0.395 e. The van der Waals surface area contributed by atoms with Gasteiger partial charge in [0.1, 0.15) is 0 Å². The van der Waals surface area contributed by atoms with Crippen molar-refractivity contribution in [2.45, 2.75) is 13.0 Å². The molecular weight excluding hydrogens is 282 g/mol. The molecule has 0 saturated carbocycles. The lowest BCUT2D eigenvalue weighted by atomic mass is 10.1. The number of hydrogen-bond donors (Lipinski definition) is 1. The van der Waals surface area contributed by atoms with E-state index in [1.54, 1.807) is 11.9 Å². The fraction of sp³-hybridized carbons (Fsp3) is 0.235. The average molecular weight is 299 g/mol. The van der Waals surface area contributed by atoms with Crippen molar-refractivity contribution in [2.75, 3.05) is 13.7 Å². The molecule has 0 aliphatic heterocycles. The first kappa shape index (κ1) is 15.3. The summed E-state index contributed by atoms with van der Waals surface area (Å²) >= 11 is 1.52. The van der Waals surface area contributed by atoms with Gasteiger partial charge in [-0.15, -0.1) is 0 Å². The smallest absolute Gasteiger partial charge is 0.254 e. The molecule has 0 saturated heterocycles. The van der Waals surface area contributed by atoms with E-state index in [1.807, 2.05) is 41.1 Å². The van der Waals surface area contributed by atoms with Crippen molar-refractivity contribution in [3.8, 4) is 11.8 Å². The van der Waals surface area contributed by atoms with Crippen LogP contribution in [0.1, 0.15) is 27.9 Å². The topological polar surface area (TPSA) is 40.5 Å². The summed E-state index contributed by atoms with van der Waals surface area (Å²) in [4.78, 5) is 13.8. The van der Waals surface area contributed by atoms with Gasteiger partial charge in [-0.05, 0) is 29.1 Å². The van der Waals surface area contributed by atoms with E-state index in [4.69, 9.17) is 5.11 Å². The lowest BCUT2D eigenvalue weighted by molar-refractivity contribution is 0.0785. The van der Waals surface area contributed by atoms with Crippen LogP contribution in [0, 0.1) is 11.8 Å². The molecule has 0 aliphatic rings. The van der Waals surface area contributed by atoms with Crippen LogP contribution in [-0.4, -0.2) is 29.6 Å². The highest BCUT2D eigenvalue weighted by atomic mass is 32.1. The van der Waals surface area contributed by atoms with Gasteiger partial charge in [0.2, 0.25) is 0 Å². The first-order valence-electron chi connectivity index (χ1n) is 6.67. The Hall–Kier alpha value is -2.09. The lowest BCUT2D eigenvalue weighted by Crippen LogP contribution is -2.25. The molecule has 2 aromatic rings. The molecule has 3 nitrogen and oxygen atoms in total. The molecule has 1 aromatic heterocycles. The molecule has 108 valence electrons. The minimum absolute atomic E-state index is 0.0306. The minimum Gasteiger partial charge on any atom is -0.395 e. The molecule has 0 atom stereocenters.